The number of phenolic OH excluding ortho intramolecular Hbond substituents is 6. The summed E-state index contributed by atoms with van der Waals surface area (Å²) in [5.41, 5.74) is 1.79. The number of aromatic hydroxyl groups is 6. The van der Waals surface area contributed by atoms with Crippen molar-refractivity contribution in [2.75, 3.05) is 0 Å². The van der Waals surface area contributed by atoms with Gasteiger partial charge < -0.3 is 59.8 Å². The summed E-state index contributed by atoms with van der Waals surface area (Å²) in [4.78, 5) is 25.2. The maximum Gasteiger partial charge on any atom is 0.311 e. The highest BCUT2D eigenvalue weighted by Gasteiger charge is 2.34. The molecule has 4 aromatic rings. The summed E-state index contributed by atoms with van der Waals surface area (Å²) in [5, 5.41) is 79.1. The van der Waals surface area contributed by atoms with Crippen molar-refractivity contribution in [3.63, 3.8) is 0 Å². The Morgan fingerprint density at radius 1 is 0.533 bits per heavy atom. The van der Waals surface area contributed by atoms with Crippen molar-refractivity contribution in [3.05, 3.63) is 82.9 Å². The van der Waals surface area contributed by atoms with E-state index < -0.39 is 36.4 Å². The molecule has 14 heteroatoms. The highest BCUT2D eigenvalue weighted by Crippen LogP contribution is 2.44. The van der Waals surface area contributed by atoms with Gasteiger partial charge in [-0.2, -0.15) is 0 Å². The third-order valence-electron chi connectivity index (χ3n) is 10.4. The van der Waals surface area contributed by atoms with Gasteiger partial charge in [0.15, 0.2) is 23.0 Å². The molecule has 2 heterocycles. The summed E-state index contributed by atoms with van der Waals surface area (Å²) >= 11 is 0. The van der Waals surface area contributed by atoms with E-state index in [4.69, 9.17) is 18.9 Å². The number of benzene rings is 4. The van der Waals surface area contributed by atoms with E-state index in [0.29, 0.717) is 28.7 Å². The van der Waals surface area contributed by atoms with Gasteiger partial charge >= 0.3 is 11.9 Å². The first-order valence-electron chi connectivity index (χ1n) is 20.6. The fraction of sp³-hybridized carbons (Fsp3) is 0.435. The van der Waals surface area contributed by atoms with E-state index in [1.807, 2.05) is 0 Å². The summed E-state index contributed by atoms with van der Waals surface area (Å²) in [5.74, 6) is -1.25. The van der Waals surface area contributed by atoms with Crippen LogP contribution in [0.3, 0.4) is 0 Å². The van der Waals surface area contributed by atoms with Gasteiger partial charge in [0.2, 0.25) is 0 Å². The van der Waals surface area contributed by atoms with Crippen LogP contribution < -0.4 is 18.9 Å². The predicted molar refractivity (Wildman–Crippen MR) is 220 cm³/mol. The number of esters is 2. The van der Waals surface area contributed by atoms with Crippen LogP contribution in [0.5, 0.6) is 57.5 Å². The number of carbonyl (C=O) groups is 2. The number of carbonyl (C=O) groups excluding carboxylic acids is 2. The Kier molecular flexibility index (Phi) is 16.1. The van der Waals surface area contributed by atoms with Crippen molar-refractivity contribution < 1.29 is 69.4 Å². The van der Waals surface area contributed by atoms with Crippen molar-refractivity contribution in [3.8, 4) is 57.5 Å². The summed E-state index contributed by atoms with van der Waals surface area (Å²) in [6.45, 7) is 4.27. The van der Waals surface area contributed by atoms with Gasteiger partial charge in [-0.05, 0) is 48.2 Å². The molecule has 2 aliphatic heterocycles. The number of rotatable bonds is 16. The van der Waals surface area contributed by atoms with Crippen molar-refractivity contribution in [1.82, 2.24) is 0 Å². The summed E-state index contributed by atoms with van der Waals surface area (Å²) in [7, 11) is 0. The van der Waals surface area contributed by atoms with Crippen LogP contribution in [-0.2, 0) is 22.4 Å². The summed E-state index contributed by atoms with van der Waals surface area (Å²) in [6.07, 6.45) is 7.14. The predicted octanol–water partition coefficient (Wildman–Crippen LogP) is 8.21. The molecule has 8 N–H and O–H groups in total. The van der Waals surface area contributed by atoms with Crippen LogP contribution in [-0.4, -0.2) is 65.0 Å². The number of aliphatic hydroxyl groups is 2. The fourth-order valence-corrected chi connectivity index (χ4v) is 7.17. The Labute approximate surface area is 349 Å². The zero-order valence-corrected chi connectivity index (χ0v) is 34.0. The monoisotopic (exact) mass is 832 g/mol. The van der Waals surface area contributed by atoms with Crippen LogP contribution in [0.4, 0.5) is 0 Å². The lowest BCUT2D eigenvalue weighted by atomic mass is 9.94. The second-order valence-electron chi connectivity index (χ2n) is 15.2. The first kappa shape index (κ1) is 45.2. The second-order valence-corrected chi connectivity index (χ2v) is 15.2. The molecule has 0 saturated heterocycles. The van der Waals surface area contributed by atoms with Crippen LogP contribution in [0.1, 0.15) is 125 Å². The molecule has 14 nitrogen and oxygen atoms in total. The smallest absolute Gasteiger partial charge is 0.311 e. The van der Waals surface area contributed by atoms with E-state index in [0.717, 1.165) is 57.8 Å². The molecule has 2 aliphatic rings. The quantitative estimate of drug-likeness (QED) is 0.0230. The van der Waals surface area contributed by atoms with Gasteiger partial charge in [0.1, 0.15) is 46.7 Å². The largest absolute Gasteiger partial charge is 0.508 e. The van der Waals surface area contributed by atoms with Crippen molar-refractivity contribution in [1.29, 1.82) is 0 Å². The van der Waals surface area contributed by atoms with Crippen molar-refractivity contribution in [2.45, 2.75) is 128 Å². The van der Waals surface area contributed by atoms with Gasteiger partial charge in [-0.1, -0.05) is 77.3 Å². The molecule has 0 aliphatic carbocycles. The zero-order valence-electron chi connectivity index (χ0n) is 34.0. The lowest BCUT2D eigenvalue weighted by Gasteiger charge is -2.31. The average Bonchev–Trinajstić information content (AvgIpc) is 3.20. The molecule has 4 aromatic carbocycles. The van der Waals surface area contributed by atoms with Crippen LogP contribution in [0, 0.1) is 0 Å². The standard InChI is InChI=1S/C31H42O8.C15H14O6/c1-3-5-7-9-11-13-29(35)37-26-16-15-21(17-28(26)38-30(36)14-12-10-8-6-4-2)31-25(34)20-23-24(33)18-22(32)19-27(23)39-31;16-8-4-11(18)9-6-13(20)15(21-14(9)5-8)7-1-2-10(17)12(19)3-7/h15-19,25,31-34H,3-14,20H2,1-2H3;1-5,13,15-20H,6H2/t25-,31?;13-,15?/m11/s1. The SMILES string of the molecule is CCCCCCCC(=O)Oc1ccc(C2Oc3cc(O)cc(O)c3C[C@H]2O)cc1OC(=O)CCCCCCC.Oc1cc(O)c2c(c1)OC(c1ccc(O)c(O)c1)[C@H](O)C2. The molecule has 60 heavy (non-hydrogen) atoms. The molecule has 324 valence electrons. The lowest BCUT2D eigenvalue weighted by molar-refractivity contribution is -0.137. The minimum atomic E-state index is -1.01. The summed E-state index contributed by atoms with van der Waals surface area (Å²) < 4.78 is 22.8. The van der Waals surface area contributed by atoms with Crippen molar-refractivity contribution >= 4 is 11.9 Å². The minimum absolute atomic E-state index is 0.0887. The molecule has 0 aromatic heterocycles. The van der Waals surface area contributed by atoms with Gasteiger partial charge in [-0.3, -0.25) is 9.59 Å². The molecular formula is C46H56O14. The topological polar surface area (TPSA) is 233 Å². The van der Waals surface area contributed by atoms with Gasteiger partial charge in [0.05, 0.1) is 12.2 Å². The molecule has 0 amide bonds. The Morgan fingerprint density at radius 2 is 0.983 bits per heavy atom. The van der Waals surface area contributed by atoms with E-state index in [1.54, 1.807) is 18.2 Å². The van der Waals surface area contributed by atoms with Gasteiger partial charge in [-0.25, -0.2) is 0 Å². The Hall–Kier alpha value is -5.86. The highest BCUT2D eigenvalue weighted by atomic mass is 16.6. The third-order valence-corrected chi connectivity index (χ3v) is 10.4. The number of unbranched alkanes of at least 4 members (excludes halogenated alkanes) is 8. The first-order chi connectivity index (χ1) is 28.8. The summed E-state index contributed by atoms with van der Waals surface area (Å²) in [6, 6.07) is 14.0. The highest BCUT2D eigenvalue weighted by molar-refractivity contribution is 5.76. The van der Waals surface area contributed by atoms with Gasteiger partial charge in [0, 0.05) is 61.1 Å². The minimum Gasteiger partial charge on any atom is -0.508 e. The molecule has 0 spiro atoms. The van der Waals surface area contributed by atoms with Gasteiger partial charge in [-0.15, -0.1) is 0 Å². The maximum absolute atomic E-state index is 12.6. The number of fused-ring (bicyclic) bond motifs is 2. The second kappa shape index (κ2) is 21.4. The van der Waals surface area contributed by atoms with E-state index in [1.165, 1.54) is 42.5 Å². The van der Waals surface area contributed by atoms with Crippen LogP contribution in [0.2, 0.25) is 0 Å². The number of hydrogen-bond donors (Lipinski definition) is 8. The van der Waals surface area contributed by atoms with Gasteiger partial charge in [0.25, 0.3) is 0 Å². The van der Waals surface area contributed by atoms with E-state index in [9.17, 15) is 50.4 Å². The van der Waals surface area contributed by atoms with E-state index in [-0.39, 0.29) is 83.2 Å². The number of hydrogen-bond acceptors (Lipinski definition) is 14. The Bertz CT molecular complexity index is 2080. The Morgan fingerprint density at radius 3 is 1.47 bits per heavy atom. The molecule has 0 bridgehead atoms. The molecule has 0 radical (unpaired) electrons. The molecule has 6 rings (SSSR count). The lowest BCUT2D eigenvalue weighted by Crippen LogP contribution is -2.30. The van der Waals surface area contributed by atoms with E-state index in [2.05, 4.69) is 13.8 Å². The van der Waals surface area contributed by atoms with Crippen LogP contribution in [0.15, 0.2) is 60.7 Å². The normalized spacial score (nSPS) is 17.8. The fourth-order valence-electron chi connectivity index (χ4n) is 7.17. The Balaban J connectivity index is 0.000000271. The molecule has 4 atom stereocenters. The molecular weight excluding hydrogens is 776 g/mol. The maximum atomic E-state index is 12.6. The first-order valence-corrected chi connectivity index (χ1v) is 20.6. The van der Waals surface area contributed by atoms with Crippen LogP contribution >= 0.6 is 0 Å². The van der Waals surface area contributed by atoms with Crippen molar-refractivity contribution in [2.24, 2.45) is 0 Å². The molecule has 0 saturated carbocycles. The van der Waals surface area contributed by atoms with Crippen LogP contribution in [0.25, 0.3) is 0 Å². The molecule has 0 fully saturated rings. The number of phenols is 6. The average molecular weight is 833 g/mol. The number of aliphatic hydroxyl groups excluding tert-OH is 2. The molecule has 2 unspecified atom stereocenters. The third kappa shape index (κ3) is 12.1. The van der Waals surface area contributed by atoms with E-state index >= 15 is 0 Å². The number of ether oxygens (including phenoxy) is 4. The zero-order chi connectivity index (χ0) is 43.3.